The molecule has 1 aromatic rings. The number of hydrogen-bond donors (Lipinski definition) is 2. The Bertz CT molecular complexity index is 599. The van der Waals surface area contributed by atoms with Crippen LogP contribution in [0.25, 0.3) is 0 Å². The van der Waals surface area contributed by atoms with E-state index in [1.165, 1.54) is 12.1 Å². The van der Waals surface area contributed by atoms with Gasteiger partial charge in [0.2, 0.25) is 10.0 Å². The van der Waals surface area contributed by atoms with Gasteiger partial charge >= 0.3 is 5.97 Å². The Morgan fingerprint density at radius 1 is 1.10 bits per heavy atom. The Kier molecular flexibility index (Phi) is 4.68. The lowest BCUT2D eigenvalue weighted by atomic mass is 9.92. The Morgan fingerprint density at radius 3 is 2.10 bits per heavy atom. The molecule has 0 aromatic heterocycles. The summed E-state index contributed by atoms with van der Waals surface area (Å²) in [4.78, 5) is 11.8. The molecule has 2 N–H and O–H groups in total. The minimum atomic E-state index is -3.83. The van der Waals surface area contributed by atoms with Gasteiger partial charge in [-0.3, -0.25) is 4.79 Å². The zero-order chi connectivity index (χ0) is 15.5. The Hall–Kier alpha value is -1.40. The molecule has 2 rings (SSSR count). The van der Waals surface area contributed by atoms with E-state index in [0.29, 0.717) is 12.8 Å². The zero-order valence-corrected chi connectivity index (χ0v) is 12.9. The molecule has 0 amide bonds. The van der Waals surface area contributed by atoms with Crippen molar-refractivity contribution in [2.75, 3.05) is 0 Å². The van der Waals surface area contributed by atoms with Crippen molar-refractivity contribution in [1.29, 1.82) is 0 Å². The number of carboxylic acids is 1. The van der Waals surface area contributed by atoms with E-state index in [-0.39, 0.29) is 4.90 Å². The highest BCUT2D eigenvalue weighted by Crippen LogP contribution is 2.29. The Morgan fingerprint density at radius 2 is 1.62 bits per heavy atom. The maximum Gasteiger partial charge on any atom is 0.324 e. The van der Waals surface area contributed by atoms with Crippen LogP contribution in [0.1, 0.15) is 44.1 Å². The molecule has 0 spiro atoms. The molecule has 21 heavy (non-hydrogen) atoms. The number of carbonyl (C=O) groups is 1. The average Bonchev–Trinajstić information content (AvgIpc) is 2.65. The molecule has 1 aliphatic rings. The summed E-state index contributed by atoms with van der Waals surface area (Å²) in [5, 5.41) is 9.54. The molecular formula is C15H21NO4S. The van der Waals surface area contributed by atoms with Gasteiger partial charge in [0.05, 0.1) is 4.90 Å². The number of carboxylic acid groups (broad SMARTS) is 1. The Balaban J connectivity index is 2.31. The van der Waals surface area contributed by atoms with Crippen LogP contribution in [0.2, 0.25) is 0 Å². The fraction of sp³-hybridized carbons (Fsp3) is 0.533. The highest BCUT2D eigenvalue weighted by atomic mass is 32.2. The molecule has 116 valence electrons. The second kappa shape index (κ2) is 6.15. The smallest absolute Gasteiger partial charge is 0.324 e. The van der Waals surface area contributed by atoms with Crippen LogP contribution in [0, 0.1) is 6.92 Å². The average molecular weight is 311 g/mol. The van der Waals surface area contributed by atoms with Gasteiger partial charge in [0.1, 0.15) is 5.54 Å². The molecule has 0 radical (unpaired) electrons. The summed E-state index contributed by atoms with van der Waals surface area (Å²) in [6.07, 6.45) is 4.02. The van der Waals surface area contributed by atoms with Crippen molar-refractivity contribution in [3.8, 4) is 0 Å². The minimum absolute atomic E-state index is 0.109. The third-order valence-corrected chi connectivity index (χ3v) is 5.58. The summed E-state index contributed by atoms with van der Waals surface area (Å²) < 4.78 is 27.4. The maximum absolute atomic E-state index is 12.5. The highest BCUT2D eigenvalue weighted by Gasteiger charge is 2.42. The van der Waals surface area contributed by atoms with Crippen LogP contribution < -0.4 is 4.72 Å². The van der Waals surface area contributed by atoms with Gasteiger partial charge in [-0.25, -0.2) is 8.42 Å². The van der Waals surface area contributed by atoms with Crippen molar-refractivity contribution >= 4 is 16.0 Å². The SMILES string of the molecule is Cc1ccc(S(=O)(=O)NC2(C(=O)O)CCCCCC2)cc1. The van der Waals surface area contributed by atoms with Crippen LogP contribution in [0.5, 0.6) is 0 Å². The van der Waals surface area contributed by atoms with Gasteiger partial charge in [-0.15, -0.1) is 0 Å². The molecule has 0 atom stereocenters. The van der Waals surface area contributed by atoms with E-state index in [2.05, 4.69) is 4.72 Å². The van der Waals surface area contributed by atoms with Crippen LogP contribution in [0.4, 0.5) is 0 Å². The van der Waals surface area contributed by atoms with E-state index in [0.717, 1.165) is 31.2 Å². The lowest BCUT2D eigenvalue weighted by Crippen LogP contribution is -2.54. The quantitative estimate of drug-likeness (QED) is 0.837. The van der Waals surface area contributed by atoms with Crippen LogP contribution in [-0.4, -0.2) is 25.0 Å². The van der Waals surface area contributed by atoms with Gasteiger partial charge in [-0.2, -0.15) is 4.72 Å². The molecule has 0 heterocycles. The second-order valence-electron chi connectivity index (χ2n) is 5.72. The number of aryl methyl sites for hydroxylation is 1. The predicted octanol–water partition coefficient (Wildman–Crippen LogP) is 2.45. The molecule has 0 bridgehead atoms. The zero-order valence-electron chi connectivity index (χ0n) is 12.1. The van der Waals surface area contributed by atoms with E-state index < -0.39 is 21.5 Å². The third-order valence-electron chi connectivity index (χ3n) is 4.03. The summed E-state index contributed by atoms with van der Waals surface area (Å²) in [5.74, 6) is -1.08. The van der Waals surface area contributed by atoms with Crippen molar-refractivity contribution in [2.45, 2.75) is 55.9 Å². The lowest BCUT2D eigenvalue weighted by Gasteiger charge is -2.28. The van der Waals surface area contributed by atoms with Crippen molar-refractivity contribution in [2.24, 2.45) is 0 Å². The van der Waals surface area contributed by atoms with Gasteiger partial charge in [-0.1, -0.05) is 43.4 Å². The maximum atomic E-state index is 12.5. The first-order valence-electron chi connectivity index (χ1n) is 7.20. The summed E-state index contributed by atoms with van der Waals surface area (Å²) >= 11 is 0. The number of hydrogen-bond acceptors (Lipinski definition) is 3. The highest BCUT2D eigenvalue weighted by molar-refractivity contribution is 7.89. The predicted molar refractivity (Wildman–Crippen MR) is 79.6 cm³/mol. The molecule has 1 aromatic carbocycles. The van der Waals surface area contributed by atoms with Crippen LogP contribution in [0.15, 0.2) is 29.2 Å². The van der Waals surface area contributed by atoms with E-state index in [9.17, 15) is 18.3 Å². The monoisotopic (exact) mass is 311 g/mol. The summed E-state index contributed by atoms with van der Waals surface area (Å²) in [7, 11) is -3.83. The molecule has 5 nitrogen and oxygen atoms in total. The lowest BCUT2D eigenvalue weighted by molar-refractivity contribution is -0.144. The van der Waals surface area contributed by atoms with Crippen LogP contribution in [0.3, 0.4) is 0 Å². The molecule has 1 aliphatic carbocycles. The largest absolute Gasteiger partial charge is 0.480 e. The summed E-state index contributed by atoms with van der Waals surface area (Å²) in [6, 6.07) is 6.41. The van der Waals surface area contributed by atoms with E-state index in [1.807, 2.05) is 6.92 Å². The summed E-state index contributed by atoms with van der Waals surface area (Å²) in [5.41, 5.74) is -0.420. The molecule has 0 saturated heterocycles. The third kappa shape index (κ3) is 3.63. The number of rotatable bonds is 4. The van der Waals surface area contributed by atoms with Crippen molar-refractivity contribution in [1.82, 2.24) is 4.72 Å². The van der Waals surface area contributed by atoms with Gasteiger partial charge in [0.15, 0.2) is 0 Å². The number of sulfonamides is 1. The number of benzene rings is 1. The van der Waals surface area contributed by atoms with E-state index in [1.54, 1.807) is 12.1 Å². The van der Waals surface area contributed by atoms with Crippen LogP contribution in [-0.2, 0) is 14.8 Å². The van der Waals surface area contributed by atoms with Gasteiger partial charge in [-0.05, 0) is 31.9 Å². The van der Waals surface area contributed by atoms with Crippen LogP contribution >= 0.6 is 0 Å². The molecule has 1 fully saturated rings. The molecule has 0 unspecified atom stereocenters. The van der Waals surface area contributed by atoms with E-state index in [4.69, 9.17) is 0 Å². The normalized spacial score (nSPS) is 18.9. The van der Waals surface area contributed by atoms with Crippen molar-refractivity contribution in [3.05, 3.63) is 29.8 Å². The molecule has 6 heteroatoms. The van der Waals surface area contributed by atoms with Crippen molar-refractivity contribution in [3.63, 3.8) is 0 Å². The summed E-state index contributed by atoms with van der Waals surface area (Å²) in [6.45, 7) is 1.87. The van der Waals surface area contributed by atoms with Crippen molar-refractivity contribution < 1.29 is 18.3 Å². The first kappa shape index (κ1) is 16.0. The van der Waals surface area contributed by atoms with Gasteiger partial charge < -0.3 is 5.11 Å². The molecule has 0 aliphatic heterocycles. The van der Waals surface area contributed by atoms with Gasteiger partial charge in [0, 0.05) is 0 Å². The fourth-order valence-corrected chi connectivity index (χ4v) is 4.14. The second-order valence-corrected chi connectivity index (χ2v) is 7.40. The minimum Gasteiger partial charge on any atom is -0.480 e. The van der Waals surface area contributed by atoms with E-state index >= 15 is 0 Å². The topological polar surface area (TPSA) is 83.5 Å². The first-order valence-corrected chi connectivity index (χ1v) is 8.68. The molecule has 1 saturated carbocycles. The first-order chi connectivity index (χ1) is 9.86. The number of aliphatic carboxylic acids is 1. The standard InChI is InChI=1S/C15H21NO4S/c1-12-6-8-13(9-7-12)21(19,20)16-15(14(17)18)10-4-2-3-5-11-15/h6-9,16H,2-5,10-11H2,1H3,(H,17,18). The fourth-order valence-electron chi connectivity index (χ4n) is 2.73. The Labute approximate surface area is 125 Å². The van der Waals surface area contributed by atoms with Gasteiger partial charge in [0.25, 0.3) is 0 Å². The molecular weight excluding hydrogens is 290 g/mol. The number of nitrogens with one attached hydrogen (secondary N) is 1.